The van der Waals surface area contributed by atoms with Crippen LogP contribution in [0.25, 0.3) is 0 Å². The first-order valence-corrected chi connectivity index (χ1v) is 5.15. The molecule has 0 saturated carbocycles. The molecule has 1 atom stereocenters. The van der Waals surface area contributed by atoms with E-state index in [2.05, 4.69) is 10.3 Å². The molecule has 6 heteroatoms. The highest BCUT2D eigenvalue weighted by atomic mass is 16.4. The highest BCUT2D eigenvalue weighted by Crippen LogP contribution is 2.24. The highest BCUT2D eigenvalue weighted by molar-refractivity contribution is 5.85. The first-order chi connectivity index (χ1) is 7.58. The summed E-state index contributed by atoms with van der Waals surface area (Å²) in [6.07, 6.45) is 3.23. The lowest BCUT2D eigenvalue weighted by Crippen LogP contribution is -2.31. The minimum Gasteiger partial charge on any atom is -0.476 e. The number of fused-ring (bicyclic) bond motifs is 1. The Bertz CT molecular complexity index is 439. The summed E-state index contributed by atoms with van der Waals surface area (Å²) in [5.74, 6) is -0.527. The lowest BCUT2D eigenvalue weighted by molar-refractivity contribution is -0.119. The van der Waals surface area contributed by atoms with E-state index in [0.717, 1.165) is 19.4 Å². The van der Waals surface area contributed by atoms with E-state index in [1.54, 1.807) is 4.57 Å². The minimum absolute atomic E-state index is 0.0345. The van der Waals surface area contributed by atoms with Crippen LogP contribution >= 0.6 is 0 Å². The Balaban J connectivity index is 2.30. The summed E-state index contributed by atoms with van der Waals surface area (Å²) in [6, 6.07) is -0.167. The van der Waals surface area contributed by atoms with Gasteiger partial charge in [-0.2, -0.15) is 0 Å². The Hall–Kier alpha value is -1.85. The number of carboxylic acids is 1. The monoisotopic (exact) mass is 223 g/mol. The number of amides is 1. The van der Waals surface area contributed by atoms with Gasteiger partial charge in [0.1, 0.15) is 5.82 Å². The van der Waals surface area contributed by atoms with Crippen LogP contribution in [-0.4, -0.2) is 26.5 Å². The number of carbonyl (C=O) groups is 2. The molecule has 6 nitrogen and oxygen atoms in total. The average Bonchev–Trinajstić information content (AvgIpc) is 2.61. The van der Waals surface area contributed by atoms with Crippen LogP contribution in [0.3, 0.4) is 0 Å². The Labute approximate surface area is 92.3 Å². The van der Waals surface area contributed by atoms with Gasteiger partial charge in [-0.1, -0.05) is 0 Å². The summed E-state index contributed by atoms with van der Waals surface area (Å²) in [7, 11) is 0. The summed E-state index contributed by atoms with van der Waals surface area (Å²) in [4.78, 5) is 25.8. The van der Waals surface area contributed by atoms with E-state index in [4.69, 9.17) is 5.11 Å². The molecule has 1 amide bonds. The predicted octanol–water partition coefficient (Wildman–Crippen LogP) is 0.552. The van der Waals surface area contributed by atoms with Gasteiger partial charge in [-0.05, 0) is 12.8 Å². The molecule has 2 heterocycles. The van der Waals surface area contributed by atoms with Gasteiger partial charge in [0.2, 0.25) is 5.91 Å². The summed E-state index contributed by atoms with van der Waals surface area (Å²) in [6.45, 7) is 2.20. The van der Waals surface area contributed by atoms with E-state index in [0.29, 0.717) is 5.82 Å². The van der Waals surface area contributed by atoms with Crippen molar-refractivity contribution in [1.29, 1.82) is 0 Å². The van der Waals surface area contributed by atoms with Crippen molar-refractivity contribution in [3.05, 3.63) is 17.7 Å². The molecule has 1 unspecified atom stereocenters. The summed E-state index contributed by atoms with van der Waals surface area (Å²) in [5, 5.41) is 11.6. The fraction of sp³-hybridized carbons (Fsp3) is 0.500. The van der Waals surface area contributed by atoms with E-state index < -0.39 is 5.97 Å². The van der Waals surface area contributed by atoms with Crippen molar-refractivity contribution >= 4 is 11.9 Å². The maximum Gasteiger partial charge on any atom is 0.356 e. The molecular formula is C10H13N3O3. The molecule has 1 aliphatic heterocycles. The maximum atomic E-state index is 11.0. The van der Waals surface area contributed by atoms with Crippen LogP contribution < -0.4 is 5.32 Å². The maximum absolute atomic E-state index is 11.0. The van der Waals surface area contributed by atoms with Crippen molar-refractivity contribution in [3.63, 3.8) is 0 Å². The molecule has 2 rings (SSSR count). The van der Waals surface area contributed by atoms with E-state index in [-0.39, 0.29) is 17.6 Å². The van der Waals surface area contributed by atoms with Gasteiger partial charge < -0.3 is 15.0 Å². The van der Waals surface area contributed by atoms with Crippen LogP contribution in [-0.2, 0) is 11.3 Å². The minimum atomic E-state index is -1.04. The number of carbonyl (C=O) groups excluding carboxylic acids is 1. The molecule has 2 N–H and O–H groups in total. The van der Waals surface area contributed by atoms with Gasteiger partial charge in [-0.15, -0.1) is 0 Å². The first kappa shape index (κ1) is 10.7. The van der Waals surface area contributed by atoms with Crippen LogP contribution in [0.15, 0.2) is 6.20 Å². The van der Waals surface area contributed by atoms with Crippen molar-refractivity contribution in [2.24, 2.45) is 0 Å². The SMILES string of the molecule is CC(=O)NC1CCCn2cc(C(=O)O)nc21. The zero-order chi connectivity index (χ0) is 11.7. The number of hydrogen-bond donors (Lipinski definition) is 2. The Morgan fingerprint density at radius 2 is 2.38 bits per heavy atom. The van der Waals surface area contributed by atoms with Crippen LogP contribution in [0.2, 0.25) is 0 Å². The highest BCUT2D eigenvalue weighted by Gasteiger charge is 2.25. The molecule has 0 aliphatic carbocycles. The molecule has 0 radical (unpaired) electrons. The third-order valence-corrected chi connectivity index (χ3v) is 2.61. The van der Waals surface area contributed by atoms with Gasteiger partial charge in [-0.25, -0.2) is 9.78 Å². The van der Waals surface area contributed by atoms with Gasteiger partial charge in [0.25, 0.3) is 0 Å². The third-order valence-electron chi connectivity index (χ3n) is 2.61. The second-order valence-electron chi connectivity index (χ2n) is 3.88. The summed E-state index contributed by atoms with van der Waals surface area (Å²) in [5.41, 5.74) is 0.0345. The summed E-state index contributed by atoms with van der Waals surface area (Å²) >= 11 is 0. The van der Waals surface area contributed by atoms with Crippen LogP contribution in [0.5, 0.6) is 0 Å². The van der Waals surface area contributed by atoms with E-state index in [1.807, 2.05) is 0 Å². The Kier molecular flexibility index (Phi) is 2.64. The number of imidazole rings is 1. The molecule has 0 aromatic carbocycles. The average molecular weight is 223 g/mol. The topological polar surface area (TPSA) is 84.2 Å². The first-order valence-electron chi connectivity index (χ1n) is 5.15. The molecule has 0 bridgehead atoms. The number of aromatic carboxylic acids is 1. The van der Waals surface area contributed by atoms with Gasteiger partial charge in [0.05, 0.1) is 6.04 Å². The normalized spacial score (nSPS) is 18.9. The van der Waals surface area contributed by atoms with Crippen LogP contribution in [0, 0.1) is 0 Å². The molecule has 0 spiro atoms. The number of hydrogen-bond acceptors (Lipinski definition) is 3. The lowest BCUT2D eigenvalue weighted by Gasteiger charge is -2.23. The zero-order valence-electron chi connectivity index (χ0n) is 8.93. The second kappa shape index (κ2) is 3.96. The van der Waals surface area contributed by atoms with E-state index >= 15 is 0 Å². The smallest absolute Gasteiger partial charge is 0.356 e. The van der Waals surface area contributed by atoms with Crippen LogP contribution in [0.4, 0.5) is 0 Å². The van der Waals surface area contributed by atoms with Crippen molar-refractivity contribution in [2.75, 3.05) is 0 Å². The van der Waals surface area contributed by atoms with Gasteiger partial charge >= 0.3 is 5.97 Å². The van der Waals surface area contributed by atoms with Crippen molar-refractivity contribution in [2.45, 2.75) is 32.4 Å². The Morgan fingerprint density at radius 3 is 3.00 bits per heavy atom. The molecular weight excluding hydrogens is 210 g/mol. The second-order valence-corrected chi connectivity index (χ2v) is 3.88. The van der Waals surface area contributed by atoms with Crippen molar-refractivity contribution < 1.29 is 14.7 Å². The lowest BCUT2D eigenvalue weighted by atomic mass is 10.1. The number of carboxylic acid groups (broad SMARTS) is 1. The van der Waals surface area contributed by atoms with Gasteiger partial charge in [0, 0.05) is 19.7 Å². The van der Waals surface area contributed by atoms with Crippen LogP contribution in [0.1, 0.15) is 42.1 Å². The third kappa shape index (κ3) is 1.91. The van der Waals surface area contributed by atoms with Crippen molar-refractivity contribution in [1.82, 2.24) is 14.9 Å². The number of nitrogens with zero attached hydrogens (tertiary/aromatic N) is 2. The number of nitrogens with one attached hydrogen (secondary N) is 1. The molecule has 86 valence electrons. The zero-order valence-corrected chi connectivity index (χ0v) is 8.93. The quantitative estimate of drug-likeness (QED) is 0.766. The number of rotatable bonds is 2. The molecule has 1 aromatic rings. The molecule has 1 aliphatic rings. The number of aryl methyl sites for hydroxylation is 1. The van der Waals surface area contributed by atoms with Gasteiger partial charge in [0.15, 0.2) is 5.69 Å². The fourth-order valence-corrected chi connectivity index (χ4v) is 1.97. The van der Waals surface area contributed by atoms with E-state index in [9.17, 15) is 9.59 Å². The molecule has 16 heavy (non-hydrogen) atoms. The standard InChI is InChI=1S/C10H13N3O3/c1-6(14)11-7-3-2-4-13-5-8(10(15)16)12-9(7)13/h5,7H,2-4H2,1H3,(H,11,14)(H,15,16). The molecule has 1 aromatic heterocycles. The fourth-order valence-electron chi connectivity index (χ4n) is 1.97. The van der Waals surface area contributed by atoms with E-state index in [1.165, 1.54) is 13.1 Å². The predicted molar refractivity (Wildman–Crippen MR) is 55.0 cm³/mol. The Morgan fingerprint density at radius 1 is 1.62 bits per heavy atom. The number of aromatic nitrogens is 2. The molecule has 0 saturated heterocycles. The summed E-state index contributed by atoms with van der Waals surface area (Å²) < 4.78 is 1.80. The van der Waals surface area contributed by atoms with Crippen molar-refractivity contribution in [3.8, 4) is 0 Å². The largest absolute Gasteiger partial charge is 0.476 e. The van der Waals surface area contributed by atoms with Gasteiger partial charge in [-0.3, -0.25) is 4.79 Å². The molecule has 0 fully saturated rings.